The zero-order chi connectivity index (χ0) is 18.6. The average molecular weight is 344 g/mol. The molecule has 6 nitrogen and oxygen atoms in total. The van der Waals surface area contributed by atoms with Gasteiger partial charge in [-0.3, -0.25) is 4.79 Å². The van der Waals surface area contributed by atoms with Crippen molar-refractivity contribution in [3.63, 3.8) is 0 Å². The van der Waals surface area contributed by atoms with Gasteiger partial charge in [-0.1, -0.05) is 12.1 Å². The Morgan fingerprint density at radius 2 is 1.80 bits per heavy atom. The number of anilines is 1. The van der Waals surface area contributed by atoms with Crippen LogP contribution in [-0.4, -0.2) is 29.7 Å². The van der Waals surface area contributed by atoms with E-state index in [0.717, 1.165) is 0 Å². The largest absolute Gasteiger partial charge is 0.492 e. The van der Waals surface area contributed by atoms with Gasteiger partial charge >= 0.3 is 5.97 Å². The van der Waals surface area contributed by atoms with Gasteiger partial charge in [0.15, 0.2) is 0 Å². The van der Waals surface area contributed by atoms with Crippen LogP contribution in [0.5, 0.6) is 5.75 Å². The molecule has 1 amide bonds. The average Bonchev–Trinajstić information content (AvgIpc) is 2.79. The van der Waals surface area contributed by atoms with Gasteiger partial charge in [0.1, 0.15) is 11.4 Å². The highest BCUT2D eigenvalue weighted by Gasteiger charge is 2.26. The number of rotatable bonds is 6. The zero-order valence-electron chi connectivity index (χ0n) is 15.3. The second-order valence-corrected chi connectivity index (χ2v) is 5.60. The zero-order valence-corrected chi connectivity index (χ0v) is 15.3. The van der Waals surface area contributed by atoms with Crippen LogP contribution in [0.3, 0.4) is 0 Å². The maximum absolute atomic E-state index is 12.8. The summed E-state index contributed by atoms with van der Waals surface area (Å²) in [7, 11) is 1.75. The van der Waals surface area contributed by atoms with Crippen LogP contribution in [0, 0.1) is 13.8 Å². The first-order chi connectivity index (χ1) is 11.9. The van der Waals surface area contributed by atoms with Crippen LogP contribution in [0.1, 0.15) is 46.0 Å². The lowest BCUT2D eigenvalue weighted by atomic mass is 10.1. The summed E-state index contributed by atoms with van der Waals surface area (Å²) in [5.41, 5.74) is 2.76. The van der Waals surface area contributed by atoms with Gasteiger partial charge < -0.3 is 19.4 Å². The minimum atomic E-state index is -0.431. The summed E-state index contributed by atoms with van der Waals surface area (Å²) in [5, 5.41) is 2.88. The van der Waals surface area contributed by atoms with Gasteiger partial charge in [-0.25, -0.2) is 4.79 Å². The summed E-state index contributed by atoms with van der Waals surface area (Å²) in [6, 6.07) is 7.25. The van der Waals surface area contributed by atoms with Crippen molar-refractivity contribution >= 4 is 17.6 Å². The molecule has 134 valence electrons. The Hall–Kier alpha value is -2.76. The maximum Gasteiger partial charge on any atom is 0.355 e. The molecule has 0 saturated carbocycles. The number of nitrogens with zero attached hydrogens (tertiary/aromatic N) is 1. The molecule has 0 unspecified atom stereocenters. The predicted molar refractivity (Wildman–Crippen MR) is 96.4 cm³/mol. The Bertz CT molecular complexity index is 793. The van der Waals surface area contributed by atoms with Crippen molar-refractivity contribution in [1.82, 2.24) is 4.57 Å². The van der Waals surface area contributed by atoms with Crippen LogP contribution >= 0.6 is 0 Å². The van der Waals surface area contributed by atoms with Crippen LogP contribution < -0.4 is 10.1 Å². The Balaban J connectivity index is 2.38. The molecule has 0 bridgehead atoms. The van der Waals surface area contributed by atoms with E-state index in [1.54, 1.807) is 44.5 Å². The molecule has 0 spiro atoms. The van der Waals surface area contributed by atoms with E-state index in [1.165, 1.54) is 0 Å². The van der Waals surface area contributed by atoms with Crippen molar-refractivity contribution in [2.24, 2.45) is 7.05 Å². The first kappa shape index (κ1) is 18.6. The molecule has 1 N–H and O–H groups in total. The normalized spacial score (nSPS) is 10.4. The summed E-state index contributed by atoms with van der Waals surface area (Å²) in [6.45, 7) is 7.98. The topological polar surface area (TPSA) is 69.6 Å². The van der Waals surface area contributed by atoms with Gasteiger partial charge in [0.25, 0.3) is 5.91 Å². The number of ether oxygens (including phenoxy) is 2. The van der Waals surface area contributed by atoms with E-state index in [1.807, 2.05) is 19.1 Å². The van der Waals surface area contributed by atoms with Crippen molar-refractivity contribution in [3.8, 4) is 5.75 Å². The van der Waals surface area contributed by atoms with E-state index in [2.05, 4.69) is 5.32 Å². The van der Waals surface area contributed by atoms with Crippen LogP contribution in [0.4, 0.5) is 5.69 Å². The van der Waals surface area contributed by atoms with Crippen LogP contribution in [-0.2, 0) is 11.8 Å². The molecule has 2 rings (SSSR count). The standard InChI is InChI=1S/C19H24N2O4/c1-6-24-15-11-9-8-10-14(15)20-18(22)16-12(3)17(19(23)25-7-2)21(5)13(16)4/h8-11H,6-7H2,1-5H3,(H,20,22). The fourth-order valence-electron chi connectivity index (χ4n) is 2.84. The smallest absolute Gasteiger partial charge is 0.355 e. The van der Waals surface area contributed by atoms with Gasteiger partial charge in [0.2, 0.25) is 0 Å². The number of amides is 1. The number of carbonyl (C=O) groups is 2. The molecular weight excluding hydrogens is 320 g/mol. The van der Waals surface area contributed by atoms with Crippen LogP contribution in [0.25, 0.3) is 0 Å². The third kappa shape index (κ3) is 3.68. The molecule has 0 aliphatic rings. The molecule has 0 fully saturated rings. The number of hydrogen-bond acceptors (Lipinski definition) is 4. The number of nitrogens with one attached hydrogen (secondary N) is 1. The van der Waals surface area contributed by atoms with E-state index in [0.29, 0.717) is 40.6 Å². The highest BCUT2D eigenvalue weighted by Crippen LogP contribution is 2.27. The van der Waals surface area contributed by atoms with E-state index in [9.17, 15) is 9.59 Å². The Morgan fingerprint density at radius 1 is 1.12 bits per heavy atom. The minimum Gasteiger partial charge on any atom is -0.492 e. The molecule has 0 aliphatic heterocycles. The van der Waals surface area contributed by atoms with Crippen molar-refractivity contribution in [3.05, 3.63) is 46.8 Å². The predicted octanol–water partition coefficient (Wildman–Crippen LogP) is 3.47. The molecule has 0 saturated heterocycles. The van der Waals surface area contributed by atoms with Crippen molar-refractivity contribution in [1.29, 1.82) is 0 Å². The number of benzene rings is 1. The number of carbonyl (C=O) groups excluding carboxylic acids is 2. The second kappa shape index (κ2) is 7.88. The van der Waals surface area contributed by atoms with Crippen molar-refractivity contribution in [2.75, 3.05) is 18.5 Å². The third-order valence-electron chi connectivity index (χ3n) is 4.06. The Kier molecular flexibility index (Phi) is 5.85. The van der Waals surface area contributed by atoms with Gasteiger partial charge in [0, 0.05) is 12.7 Å². The Morgan fingerprint density at radius 3 is 2.44 bits per heavy atom. The lowest BCUT2D eigenvalue weighted by Gasteiger charge is -2.11. The summed E-state index contributed by atoms with van der Waals surface area (Å²) < 4.78 is 12.3. The van der Waals surface area contributed by atoms with E-state index in [4.69, 9.17) is 9.47 Å². The molecule has 0 atom stereocenters. The van der Waals surface area contributed by atoms with E-state index < -0.39 is 5.97 Å². The molecule has 1 aromatic heterocycles. The first-order valence-electron chi connectivity index (χ1n) is 8.28. The SMILES string of the molecule is CCOC(=O)c1c(C)c(C(=O)Nc2ccccc2OCC)c(C)n1C. The highest BCUT2D eigenvalue weighted by molar-refractivity contribution is 6.08. The van der Waals surface area contributed by atoms with Gasteiger partial charge in [-0.15, -0.1) is 0 Å². The van der Waals surface area contributed by atoms with E-state index in [-0.39, 0.29) is 12.5 Å². The summed E-state index contributed by atoms with van der Waals surface area (Å²) >= 11 is 0. The quantitative estimate of drug-likeness (QED) is 0.815. The molecule has 25 heavy (non-hydrogen) atoms. The molecule has 2 aromatic rings. The minimum absolute atomic E-state index is 0.283. The maximum atomic E-state index is 12.8. The molecule has 1 heterocycles. The summed E-state index contributed by atoms with van der Waals surface area (Å²) in [4.78, 5) is 25.0. The summed E-state index contributed by atoms with van der Waals surface area (Å²) in [6.07, 6.45) is 0. The van der Waals surface area contributed by atoms with Crippen LogP contribution in [0.15, 0.2) is 24.3 Å². The van der Waals surface area contributed by atoms with Gasteiger partial charge in [0.05, 0.1) is 24.5 Å². The third-order valence-corrected chi connectivity index (χ3v) is 4.06. The number of esters is 1. The number of para-hydroxylation sites is 2. The molecular formula is C19H24N2O4. The monoisotopic (exact) mass is 344 g/mol. The summed E-state index contributed by atoms with van der Waals surface area (Å²) in [5.74, 6) is -0.108. The van der Waals surface area contributed by atoms with Crippen LogP contribution in [0.2, 0.25) is 0 Å². The molecule has 0 radical (unpaired) electrons. The fraction of sp³-hybridized carbons (Fsp3) is 0.368. The van der Waals surface area contributed by atoms with Crippen molar-refractivity contribution < 1.29 is 19.1 Å². The Labute approximate surface area is 147 Å². The van der Waals surface area contributed by atoms with Gasteiger partial charge in [-0.05, 0) is 45.4 Å². The highest BCUT2D eigenvalue weighted by atomic mass is 16.5. The van der Waals surface area contributed by atoms with Crippen molar-refractivity contribution in [2.45, 2.75) is 27.7 Å². The lowest BCUT2D eigenvalue weighted by molar-refractivity contribution is 0.0514. The van der Waals surface area contributed by atoms with E-state index >= 15 is 0 Å². The van der Waals surface area contributed by atoms with Gasteiger partial charge in [-0.2, -0.15) is 0 Å². The molecule has 1 aromatic carbocycles. The number of hydrogen-bond donors (Lipinski definition) is 1. The molecule has 0 aliphatic carbocycles. The number of aromatic nitrogens is 1. The first-order valence-corrected chi connectivity index (χ1v) is 8.28. The molecule has 6 heteroatoms. The lowest BCUT2D eigenvalue weighted by Crippen LogP contribution is -2.15. The second-order valence-electron chi connectivity index (χ2n) is 5.60. The fourth-order valence-corrected chi connectivity index (χ4v) is 2.84.